The molecule has 1 atom stereocenters. The van der Waals surface area contributed by atoms with Gasteiger partial charge in [0, 0.05) is 19.6 Å². The summed E-state index contributed by atoms with van der Waals surface area (Å²) in [6, 6.07) is 0. The van der Waals surface area contributed by atoms with Crippen molar-refractivity contribution in [1.82, 2.24) is 10.2 Å². The van der Waals surface area contributed by atoms with E-state index < -0.39 is 11.5 Å². The van der Waals surface area contributed by atoms with Gasteiger partial charge in [-0.05, 0) is 19.3 Å². The van der Waals surface area contributed by atoms with E-state index in [4.69, 9.17) is 9.84 Å². The number of hydrogen-bond donors (Lipinski definition) is 2. The van der Waals surface area contributed by atoms with E-state index >= 15 is 0 Å². The van der Waals surface area contributed by atoms with E-state index in [-0.39, 0.29) is 31.4 Å². The summed E-state index contributed by atoms with van der Waals surface area (Å²) in [4.78, 5) is 36.8. The quantitative estimate of drug-likeness (QED) is 0.772. The lowest BCUT2D eigenvalue weighted by Crippen LogP contribution is -2.53. The van der Waals surface area contributed by atoms with Crippen LogP contribution < -0.4 is 5.32 Å². The number of hydrogen-bond acceptors (Lipinski definition) is 4. The molecule has 2 saturated heterocycles. The van der Waals surface area contributed by atoms with Crippen LogP contribution in [-0.4, -0.2) is 59.6 Å². The van der Waals surface area contributed by atoms with E-state index in [0.29, 0.717) is 26.0 Å². The van der Waals surface area contributed by atoms with Crippen LogP contribution in [0.2, 0.25) is 0 Å². The zero-order chi connectivity index (χ0) is 16.0. The van der Waals surface area contributed by atoms with Crippen molar-refractivity contribution in [2.75, 3.05) is 26.3 Å². The molecule has 0 saturated carbocycles. The highest BCUT2D eigenvalue weighted by Gasteiger charge is 2.39. The molecule has 0 aromatic heterocycles. The van der Waals surface area contributed by atoms with Crippen LogP contribution in [-0.2, 0) is 19.1 Å². The van der Waals surface area contributed by atoms with E-state index in [1.54, 1.807) is 4.90 Å². The third-order valence-electron chi connectivity index (χ3n) is 4.25. The fourth-order valence-electron chi connectivity index (χ4n) is 3.07. The summed E-state index contributed by atoms with van der Waals surface area (Å²) in [7, 11) is 0. The minimum absolute atomic E-state index is 0.000201. The molecule has 0 aromatic rings. The Labute approximate surface area is 130 Å². The van der Waals surface area contributed by atoms with E-state index in [9.17, 15) is 14.4 Å². The summed E-state index contributed by atoms with van der Waals surface area (Å²) in [5.74, 6) is -1.27. The van der Waals surface area contributed by atoms with E-state index in [1.165, 1.54) is 0 Å². The maximum Gasteiger partial charge on any atom is 0.305 e. The fraction of sp³-hybridized carbons (Fsp3) is 0.800. The van der Waals surface area contributed by atoms with Crippen LogP contribution in [0.5, 0.6) is 0 Å². The first-order chi connectivity index (χ1) is 10.5. The number of ether oxygens (including phenoxy) is 1. The molecular formula is C15H24N2O5. The number of likely N-dealkylation sites (tertiary alicyclic amines) is 1. The van der Waals surface area contributed by atoms with Crippen molar-refractivity contribution in [1.29, 1.82) is 0 Å². The van der Waals surface area contributed by atoms with Crippen LogP contribution >= 0.6 is 0 Å². The van der Waals surface area contributed by atoms with Gasteiger partial charge in [0.05, 0.1) is 25.1 Å². The highest BCUT2D eigenvalue weighted by molar-refractivity contribution is 5.85. The maximum atomic E-state index is 12.2. The van der Waals surface area contributed by atoms with E-state index in [2.05, 4.69) is 5.32 Å². The SMILES string of the molecule is O=C(O)CC1(NC(=O)CN2CCCCCCC2=O)CCOC1. The number of carbonyl (C=O) groups is 3. The molecular weight excluding hydrogens is 288 g/mol. The van der Waals surface area contributed by atoms with Crippen molar-refractivity contribution in [3.05, 3.63) is 0 Å². The normalized spacial score (nSPS) is 26.4. The van der Waals surface area contributed by atoms with Gasteiger partial charge in [-0.25, -0.2) is 0 Å². The van der Waals surface area contributed by atoms with Crippen molar-refractivity contribution in [2.45, 2.75) is 50.5 Å². The van der Waals surface area contributed by atoms with Crippen LogP contribution in [0.3, 0.4) is 0 Å². The molecule has 0 aromatic carbocycles. The molecule has 0 aliphatic carbocycles. The molecule has 2 N–H and O–H groups in total. The lowest BCUT2D eigenvalue weighted by molar-refractivity contribution is -0.140. The lowest BCUT2D eigenvalue weighted by Gasteiger charge is -2.30. The van der Waals surface area contributed by atoms with Crippen LogP contribution in [0.15, 0.2) is 0 Å². The molecule has 7 nitrogen and oxygen atoms in total. The molecule has 2 amide bonds. The summed E-state index contributed by atoms with van der Waals surface area (Å²) in [6.07, 6.45) is 4.71. The molecule has 0 radical (unpaired) electrons. The van der Waals surface area contributed by atoms with Gasteiger partial charge in [-0.15, -0.1) is 0 Å². The first kappa shape index (κ1) is 16.7. The molecule has 7 heteroatoms. The Morgan fingerprint density at radius 1 is 1.27 bits per heavy atom. The minimum Gasteiger partial charge on any atom is -0.481 e. The molecule has 2 aliphatic rings. The summed E-state index contributed by atoms with van der Waals surface area (Å²) in [6.45, 7) is 1.24. The third-order valence-corrected chi connectivity index (χ3v) is 4.25. The Hall–Kier alpha value is -1.63. The van der Waals surface area contributed by atoms with E-state index in [1.807, 2.05) is 0 Å². The predicted octanol–water partition coefficient (Wildman–Crippen LogP) is 0.529. The second-order valence-corrected chi connectivity index (χ2v) is 6.18. The molecule has 1 unspecified atom stereocenters. The molecule has 2 rings (SSSR count). The Bertz CT molecular complexity index is 432. The van der Waals surface area contributed by atoms with Crippen LogP contribution in [0.25, 0.3) is 0 Å². The summed E-state index contributed by atoms with van der Waals surface area (Å²) in [5, 5.41) is 11.8. The zero-order valence-corrected chi connectivity index (χ0v) is 12.8. The third kappa shape index (κ3) is 4.69. The molecule has 0 spiro atoms. The van der Waals surface area contributed by atoms with E-state index in [0.717, 1.165) is 25.7 Å². The molecule has 22 heavy (non-hydrogen) atoms. The predicted molar refractivity (Wildman–Crippen MR) is 78.2 cm³/mol. The fourth-order valence-corrected chi connectivity index (χ4v) is 3.07. The van der Waals surface area contributed by atoms with Gasteiger partial charge in [0.1, 0.15) is 0 Å². The zero-order valence-electron chi connectivity index (χ0n) is 12.8. The van der Waals surface area contributed by atoms with Gasteiger partial charge in [-0.3, -0.25) is 14.4 Å². The second-order valence-electron chi connectivity index (χ2n) is 6.18. The summed E-state index contributed by atoms with van der Waals surface area (Å²) < 4.78 is 5.25. The molecule has 2 fully saturated rings. The number of nitrogens with zero attached hydrogens (tertiary/aromatic N) is 1. The smallest absolute Gasteiger partial charge is 0.305 e. The van der Waals surface area contributed by atoms with Gasteiger partial charge in [0.2, 0.25) is 11.8 Å². The number of amides is 2. The highest BCUT2D eigenvalue weighted by atomic mass is 16.5. The summed E-state index contributed by atoms with van der Waals surface area (Å²) in [5.41, 5.74) is -0.839. The number of rotatable bonds is 5. The van der Waals surface area contributed by atoms with Gasteiger partial charge in [0.25, 0.3) is 0 Å². The van der Waals surface area contributed by atoms with Gasteiger partial charge in [0.15, 0.2) is 0 Å². The number of aliphatic carboxylic acids is 1. The van der Waals surface area contributed by atoms with Gasteiger partial charge >= 0.3 is 5.97 Å². The monoisotopic (exact) mass is 312 g/mol. The topological polar surface area (TPSA) is 95.9 Å². The standard InChI is InChI=1S/C15H24N2O5/c18-12(10-17-7-4-2-1-3-5-13(17)19)16-15(9-14(20)21)6-8-22-11-15/h1-11H2,(H,16,18)(H,20,21). The first-order valence-corrected chi connectivity index (χ1v) is 7.89. The number of carboxylic acids is 1. The Morgan fingerprint density at radius 2 is 2.05 bits per heavy atom. The number of carbonyl (C=O) groups excluding carboxylic acids is 2. The molecule has 2 heterocycles. The molecule has 0 bridgehead atoms. The van der Waals surface area contributed by atoms with Crippen LogP contribution in [0.1, 0.15) is 44.9 Å². The Morgan fingerprint density at radius 3 is 2.73 bits per heavy atom. The highest BCUT2D eigenvalue weighted by Crippen LogP contribution is 2.22. The average Bonchev–Trinajstić information content (AvgIpc) is 2.85. The van der Waals surface area contributed by atoms with Gasteiger partial charge in [-0.2, -0.15) is 0 Å². The average molecular weight is 312 g/mol. The Kier molecular flexibility index (Phi) is 5.76. The summed E-state index contributed by atoms with van der Waals surface area (Å²) >= 11 is 0. The molecule has 124 valence electrons. The number of nitrogens with one attached hydrogen (secondary N) is 1. The van der Waals surface area contributed by atoms with Crippen molar-refractivity contribution in [2.24, 2.45) is 0 Å². The van der Waals surface area contributed by atoms with Gasteiger partial charge < -0.3 is 20.1 Å². The maximum absolute atomic E-state index is 12.2. The van der Waals surface area contributed by atoms with Crippen molar-refractivity contribution in [3.8, 4) is 0 Å². The van der Waals surface area contributed by atoms with Crippen molar-refractivity contribution < 1.29 is 24.2 Å². The second kappa shape index (κ2) is 7.58. The lowest BCUT2D eigenvalue weighted by atomic mass is 9.94. The minimum atomic E-state index is -0.965. The van der Waals surface area contributed by atoms with Gasteiger partial charge in [-0.1, -0.05) is 12.8 Å². The van der Waals surface area contributed by atoms with Crippen molar-refractivity contribution >= 4 is 17.8 Å². The number of carboxylic acid groups (broad SMARTS) is 1. The largest absolute Gasteiger partial charge is 0.481 e. The van der Waals surface area contributed by atoms with Crippen molar-refractivity contribution in [3.63, 3.8) is 0 Å². The Balaban J connectivity index is 1.92. The van der Waals surface area contributed by atoms with Crippen LogP contribution in [0, 0.1) is 0 Å². The first-order valence-electron chi connectivity index (χ1n) is 7.89. The molecule has 2 aliphatic heterocycles. The van der Waals surface area contributed by atoms with Crippen LogP contribution in [0.4, 0.5) is 0 Å².